The topological polar surface area (TPSA) is 105 Å². The highest BCUT2D eigenvalue weighted by Crippen LogP contribution is 2.46. The lowest BCUT2D eigenvalue weighted by Crippen LogP contribution is -2.43. The van der Waals surface area contributed by atoms with Gasteiger partial charge < -0.3 is 24.3 Å². The van der Waals surface area contributed by atoms with Crippen molar-refractivity contribution in [3.8, 4) is 16.9 Å². The van der Waals surface area contributed by atoms with E-state index in [9.17, 15) is 23.5 Å². The molecule has 1 atom stereocenters. The number of hydrogen-bond acceptors (Lipinski definition) is 4. The molecule has 0 saturated carbocycles. The molecule has 1 amide bonds. The monoisotopic (exact) mass is 597 g/mol. The van der Waals surface area contributed by atoms with Gasteiger partial charge in [0.1, 0.15) is 12.4 Å². The van der Waals surface area contributed by atoms with Crippen LogP contribution in [0, 0.1) is 0 Å². The Morgan fingerprint density at radius 1 is 1.00 bits per heavy atom. The zero-order valence-corrected chi connectivity index (χ0v) is 25.8. The summed E-state index contributed by atoms with van der Waals surface area (Å²) in [5.74, 6) is 0.542. The van der Waals surface area contributed by atoms with Crippen LogP contribution in [0.2, 0.25) is 18.1 Å². The average molecular weight is 598 g/mol. The Bertz CT molecular complexity index is 1430. The Labute approximate surface area is 241 Å². The summed E-state index contributed by atoms with van der Waals surface area (Å²) in [5.41, 5.74) is 3.37. The van der Waals surface area contributed by atoms with E-state index in [2.05, 4.69) is 39.2 Å². The fourth-order valence-corrected chi connectivity index (χ4v) is 6.01. The molecule has 1 aliphatic carbocycles. The molecule has 0 aromatic heterocycles. The first-order valence-corrected chi connectivity index (χ1v) is 18.0. The maximum Gasteiger partial charge on any atom is 0.407 e. The number of carbonyl (C=O) groups excluding carboxylic acids is 1. The van der Waals surface area contributed by atoms with Crippen LogP contribution in [0.5, 0.6) is 5.75 Å². The molecule has 218 valence electrons. The van der Waals surface area contributed by atoms with Crippen LogP contribution in [0.3, 0.4) is 0 Å². The molecule has 0 spiro atoms. The fourth-order valence-electron chi connectivity index (χ4n) is 4.60. The summed E-state index contributed by atoms with van der Waals surface area (Å²) in [5, 5.41) is 2.59. The molecule has 10 heteroatoms. The summed E-state index contributed by atoms with van der Waals surface area (Å²) in [6, 6.07) is 22.0. The number of benzene rings is 3. The van der Waals surface area contributed by atoms with Gasteiger partial charge in [-0.3, -0.25) is 4.57 Å². The molecule has 0 bridgehead atoms. The number of fused-ring (bicyclic) bond motifs is 3. The summed E-state index contributed by atoms with van der Waals surface area (Å²) < 4.78 is 37.7. The maximum absolute atomic E-state index is 14.3. The fraction of sp³-hybridized carbons (Fsp3) is 0.323. The van der Waals surface area contributed by atoms with E-state index in [-0.39, 0.29) is 24.0 Å². The highest BCUT2D eigenvalue weighted by molar-refractivity contribution is 7.56. The van der Waals surface area contributed by atoms with E-state index in [1.54, 1.807) is 12.1 Å². The second-order valence-corrected chi connectivity index (χ2v) is 18.1. The quantitative estimate of drug-likeness (QED) is 0.174. The highest BCUT2D eigenvalue weighted by Gasteiger charge is 2.39. The van der Waals surface area contributed by atoms with Crippen molar-refractivity contribution in [2.75, 3.05) is 6.61 Å². The predicted molar refractivity (Wildman–Crippen MR) is 161 cm³/mol. The molecule has 3 N–H and O–H groups in total. The second kappa shape index (κ2) is 11.9. The predicted octanol–water partition coefficient (Wildman–Crippen LogP) is 7.51. The normalized spacial score (nSPS) is 14.7. The first-order chi connectivity index (χ1) is 19.2. The van der Waals surface area contributed by atoms with Crippen LogP contribution >= 0.6 is 7.60 Å². The Kier molecular flexibility index (Phi) is 8.95. The van der Waals surface area contributed by atoms with E-state index in [4.69, 9.17) is 9.16 Å². The maximum atomic E-state index is 14.3. The number of hydrogen-bond donors (Lipinski definition) is 3. The Balaban J connectivity index is 1.47. The molecule has 0 saturated heterocycles. The molecule has 0 radical (unpaired) electrons. The molecule has 3 aromatic carbocycles. The molecule has 0 aliphatic heterocycles. The van der Waals surface area contributed by atoms with Gasteiger partial charge in [0.15, 0.2) is 0 Å². The van der Waals surface area contributed by atoms with Gasteiger partial charge in [-0.25, -0.2) is 4.79 Å². The van der Waals surface area contributed by atoms with Crippen molar-refractivity contribution >= 4 is 22.0 Å². The molecule has 1 aliphatic rings. The lowest BCUT2D eigenvalue weighted by atomic mass is 9.98. The molecule has 41 heavy (non-hydrogen) atoms. The van der Waals surface area contributed by atoms with Gasteiger partial charge in [-0.15, -0.1) is 0 Å². The number of nitrogens with one attached hydrogen (secondary N) is 1. The lowest BCUT2D eigenvalue weighted by Gasteiger charge is -2.36. The summed E-state index contributed by atoms with van der Waals surface area (Å²) in [6.45, 7) is 10.8. The van der Waals surface area contributed by atoms with E-state index < -0.39 is 33.6 Å². The lowest BCUT2D eigenvalue weighted by molar-refractivity contribution is 0.140. The van der Waals surface area contributed by atoms with Crippen molar-refractivity contribution in [3.05, 3.63) is 101 Å². The first kappa shape index (κ1) is 30.7. The van der Waals surface area contributed by atoms with Crippen molar-refractivity contribution < 1.29 is 32.7 Å². The number of carbonyl (C=O) groups is 1. The van der Waals surface area contributed by atoms with E-state index >= 15 is 0 Å². The third-order valence-corrected chi connectivity index (χ3v) is 12.9. The summed E-state index contributed by atoms with van der Waals surface area (Å²) in [6.07, 6.45) is 0.00440. The summed E-state index contributed by atoms with van der Waals surface area (Å²) >= 11 is 0. The SMILES string of the molecule is CC(C)(C)[Si](C)(C)Oc1ccc(C[C@@H](/C=C(\F)P(=O)(O)O)NC(=O)OCC2c3ccccc3-c3ccccc32)cc1. The van der Waals surface area contributed by atoms with E-state index in [0.29, 0.717) is 11.3 Å². The standard InChI is InChI=1S/C31H37FNO6PSi/c1-31(2,3)41(4,5)39-23-16-14-21(15-17-23)18-22(19-29(32)40(35,36)37)33-30(34)38-20-28-26-12-8-6-10-24(26)25-11-7-9-13-27(25)28/h6-17,19,22,28H,18,20H2,1-5H3,(H,33,34)(H2,35,36,37)/b29-19+/t22-/m0/s1. The van der Waals surface area contributed by atoms with E-state index in [1.165, 1.54) is 0 Å². The Morgan fingerprint density at radius 3 is 2.05 bits per heavy atom. The van der Waals surface area contributed by atoms with Gasteiger partial charge in [-0.1, -0.05) is 81.4 Å². The van der Waals surface area contributed by atoms with Crippen molar-refractivity contribution in [2.24, 2.45) is 0 Å². The molecule has 0 heterocycles. The van der Waals surface area contributed by atoms with Gasteiger partial charge in [0, 0.05) is 5.92 Å². The van der Waals surface area contributed by atoms with Gasteiger partial charge in [0.05, 0.1) is 6.04 Å². The minimum atomic E-state index is -5.12. The van der Waals surface area contributed by atoms with Crippen LogP contribution in [0.15, 0.2) is 84.4 Å². The number of rotatable bonds is 9. The zero-order chi connectivity index (χ0) is 30.0. The average Bonchev–Trinajstić information content (AvgIpc) is 3.21. The number of halogens is 1. The number of ether oxygens (including phenoxy) is 1. The number of amides is 1. The van der Waals surface area contributed by atoms with E-state index in [0.717, 1.165) is 28.3 Å². The summed E-state index contributed by atoms with van der Waals surface area (Å²) in [7, 11) is -7.17. The van der Waals surface area contributed by atoms with Crippen LogP contribution in [0.4, 0.5) is 9.18 Å². The van der Waals surface area contributed by atoms with Crippen LogP contribution in [0.1, 0.15) is 43.4 Å². The van der Waals surface area contributed by atoms with Crippen LogP contribution in [-0.2, 0) is 15.7 Å². The largest absolute Gasteiger partial charge is 0.544 e. The Morgan fingerprint density at radius 2 is 1.54 bits per heavy atom. The van der Waals surface area contributed by atoms with E-state index in [1.807, 2.05) is 60.7 Å². The third kappa shape index (κ3) is 7.35. The molecule has 7 nitrogen and oxygen atoms in total. The van der Waals surface area contributed by atoms with Crippen molar-refractivity contribution in [1.82, 2.24) is 5.32 Å². The summed E-state index contributed by atoms with van der Waals surface area (Å²) in [4.78, 5) is 31.4. The Hall–Kier alpha value is -3.23. The second-order valence-electron chi connectivity index (χ2n) is 11.8. The number of alkyl carbamates (subject to hydrolysis) is 1. The smallest absolute Gasteiger partial charge is 0.407 e. The van der Waals surface area contributed by atoms with Gasteiger partial charge >= 0.3 is 13.7 Å². The third-order valence-electron chi connectivity index (χ3n) is 7.82. The van der Waals surface area contributed by atoms with Gasteiger partial charge in [-0.05, 0) is 70.6 Å². The van der Waals surface area contributed by atoms with Gasteiger partial charge in [-0.2, -0.15) is 4.39 Å². The van der Waals surface area contributed by atoms with Crippen LogP contribution in [-0.4, -0.2) is 36.8 Å². The minimum absolute atomic E-state index is 0.0224. The molecule has 0 unspecified atom stereocenters. The van der Waals surface area contributed by atoms with Crippen molar-refractivity contribution in [3.63, 3.8) is 0 Å². The highest BCUT2D eigenvalue weighted by atomic mass is 31.2. The minimum Gasteiger partial charge on any atom is -0.544 e. The molecular weight excluding hydrogens is 560 g/mol. The molecule has 4 rings (SSSR count). The van der Waals surface area contributed by atoms with Crippen molar-refractivity contribution in [2.45, 2.75) is 57.3 Å². The van der Waals surface area contributed by atoms with Gasteiger partial charge in [0.25, 0.3) is 0 Å². The molecule has 3 aromatic rings. The van der Waals surface area contributed by atoms with Gasteiger partial charge in [0.2, 0.25) is 13.9 Å². The molecule has 0 fully saturated rings. The van der Waals surface area contributed by atoms with Crippen LogP contribution < -0.4 is 9.74 Å². The van der Waals surface area contributed by atoms with Crippen LogP contribution in [0.25, 0.3) is 11.1 Å². The van der Waals surface area contributed by atoms with Crippen molar-refractivity contribution in [1.29, 1.82) is 0 Å². The zero-order valence-electron chi connectivity index (χ0n) is 23.9. The first-order valence-electron chi connectivity index (χ1n) is 13.5. The molecular formula is C31H37FNO6PSi.